The van der Waals surface area contributed by atoms with Crippen LogP contribution >= 0.6 is 0 Å². The van der Waals surface area contributed by atoms with E-state index in [1.54, 1.807) is 26.5 Å². The van der Waals surface area contributed by atoms with Crippen molar-refractivity contribution in [1.82, 2.24) is 19.2 Å². The number of nitrogens with zero attached hydrogens (tertiary/aromatic N) is 5. The molecule has 8 nitrogen and oxygen atoms in total. The fourth-order valence-corrected chi connectivity index (χ4v) is 5.68. The Labute approximate surface area is 148 Å². The Bertz CT molecular complexity index is 735. The number of hydrogen-bond donors (Lipinski definition) is 0. The van der Waals surface area contributed by atoms with E-state index in [9.17, 15) is 13.2 Å². The molecule has 138 valence electrons. The van der Waals surface area contributed by atoms with E-state index in [2.05, 4.69) is 14.9 Å². The average Bonchev–Trinajstić information content (AvgIpc) is 2.71. The van der Waals surface area contributed by atoms with Crippen LogP contribution in [0.1, 0.15) is 18.4 Å². The van der Waals surface area contributed by atoms with Gasteiger partial charge in [0.15, 0.2) is 0 Å². The normalized spacial score (nSPS) is 26.1. The van der Waals surface area contributed by atoms with Gasteiger partial charge in [0.25, 0.3) is 0 Å². The Kier molecular flexibility index (Phi) is 4.97. The number of carbonyl (C=O) groups excluding carboxylic acids is 1. The van der Waals surface area contributed by atoms with Crippen molar-refractivity contribution in [3.05, 3.63) is 18.0 Å². The van der Waals surface area contributed by atoms with Gasteiger partial charge in [0.05, 0.1) is 11.8 Å². The molecule has 2 fully saturated rings. The van der Waals surface area contributed by atoms with Crippen LogP contribution in [0.15, 0.2) is 12.4 Å². The highest BCUT2D eigenvalue weighted by Gasteiger charge is 2.47. The SMILES string of the molecule is Cc1cnc(N2CC[C@H]3CN(CC(=O)N(C)C)S(=O)(=O)[C@H]3CC2)nc1. The molecule has 2 aliphatic heterocycles. The topological polar surface area (TPSA) is 86.7 Å². The largest absolute Gasteiger partial charge is 0.348 e. The van der Waals surface area contributed by atoms with E-state index in [0.717, 1.165) is 18.5 Å². The van der Waals surface area contributed by atoms with Gasteiger partial charge >= 0.3 is 0 Å². The van der Waals surface area contributed by atoms with Crippen molar-refractivity contribution in [3.63, 3.8) is 0 Å². The van der Waals surface area contributed by atoms with Crippen molar-refractivity contribution in [2.45, 2.75) is 25.0 Å². The van der Waals surface area contributed by atoms with Crippen LogP contribution in [0, 0.1) is 12.8 Å². The monoisotopic (exact) mass is 367 g/mol. The molecule has 0 spiro atoms. The fraction of sp³-hybridized carbons (Fsp3) is 0.688. The highest BCUT2D eigenvalue weighted by Crippen LogP contribution is 2.34. The summed E-state index contributed by atoms with van der Waals surface area (Å²) >= 11 is 0. The molecule has 3 heterocycles. The number of carbonyl (C=O) groups is 1. The third kappa shape index (κ3) is 3.62. The summed E-state index contributed by atoms with van der Waals surface area (Å²) in [5.41, 5.74) is 0.999. The summed E-state index contributed by atoms with van der Waals surface area (Å²) in [6.07, 6.45) is 4.85. The van der Waals surface area contributed by atoms with Crippen molar-refractivity contribution in [3.8, 4) is 0 Å². The summed E-state index contributed by atoms with van der Waals surface area (Å²) in [5.74, 6) is 0.521. The Morgan fingerprint density at radius 1 is 1.24 bits per heavy atom. The minimum Gasteiger partial charge on any atom is -0.348 e. The molecule has 0 N–H and O–H groups in total. The van der Waals surface area contributed by atoms with Crippen LogP contribution in [-0.2, 0) is 14.8 Å². The Morgan fingerprint density at radius 3 is 2.52 bits per heavy atom. The van der Waals surface area contributed by atoms with Crippen molar-refractivity contribution in [2.75, 3.05) is 45.2 Å². The maximum Gasteiger partial charge on any atom is 0.237 e. The van der Waals surface area contributed by atoms with Crippen LogP contribution in [0.2, 0.25) is 0 Å². The van der Waals surface area contributed by atoms with Gasteiger partial charge in [-0.15, -0.1) is 0 Å². The molecule has 25 heavy (non-hydrogen) atoms. The van der Waals surface area contributed by atoms with Gasteiger partial charge in [-0.2, -0.15) is 4.31 Å². The number of sulfonamides is 1. The molecular weight excluding hydrogens is 342 g/mol. The fourth-order valence-electron chi connectivity index (χ4n) is 3.49. The second-order valence-electron chi connectivity index (χ2n) is 7.05. The van der Waals surface area contributed by atoms with E-state index >= 15 is 0 Å². The molecule has 0 unspecified atom stereocenters. The van der Waals surface area contributed by atoms with Crippen LogP contribution in [0.5, 0.6) is 0 Å². The number of likely N-dealkylation sites (N-methyl/N-ethyl adjacent to an activating group) is 1. The van der Waals surface area contributed by atoms with E-state index in [0.29, 0.717) is 25.5 Å². The molecule has 2 saturated heterocycles. The molecule has 0 saturated carbocycles. The van der Waals surface area contributed by atoms with Gasteiger partial charge in [-0.05, 0) is 31.2 Å². The molecule has 9 heteroatoms. The minimum absolute atomic E-state index is 0.0513. The summed E-state index contributed by atoms with van der Waals surface area (Å²) in [6.45, 7) is 3.64. The second kappa shape index (κ2) is 6.87. The van der Waals surface area contributed by atoms with Crippen molar-refractivity contribution >= 4 is 21.9 Å². The molecular formula is C16H25N5O3S. The lowest BCUT2D eigenvalue weighted by Gasteiger charge is -2.22. The summed E-state index contributed by atoms with van der Waals surface area (Å²) < 4.78 is 27.0. The maximum atomic E-state index is 12.8. The molecule has 1 amide bonds. The summed E-state index contributed by atoms with van der Waals surface area (Å²) in [7, 11) is -0.151. The number of hydrogen-bond acceptors (Lipinski definition) is 6. The Hall–Kier alpha value is -1.74. The standard InChI is InChI=1S/C16H25N5O3S/c1-12-8-17-16(18-9-12)20-6-4-13-10-21(11-15(22)19(2)3)25(23,24)14(13)5-7-20/h8-9,13-14H,4-7,10-11H2,1-3H3/t13-,14-/m0/s1. The predicted molar refractivity (Wildman–Crippen MR) is 94.7 cm³/mol. The molecule has 1 aromatic heterocycles. The van der Waals surface area contributed by atoms with Gasteiger partial charge in [-0.1, -0.05) is 0 Å². The molecule has 0 aromatic carbocycles. The van der Waals surface area contributed by atoms with Crippen molar-refractivity contribution in [2.24, 2.45) is 5.92 Å². The zero-order chi connectivity index (χ0) is 18.2. The smallest absolute Gasteiger partial charge is 0.237 e. The molecule has 0 radical (unpaired) electrons. The van der Waals surface area contributed by atoms with Crippen LogP contribution in [-0.4, -0.2) is 79.0 Å². The second-order valence-corrected chi connectivity index (χ2v) is 9.20. The van der Waals surface area contributed by atoms with Crippen LogP contribution < -0.4 is 4.90 Å². The van der Waals surface area contributed by atoms with E-state index < -0.39 is 15.3 Å². The van der Waals surface area contributed by atoms with E-state index in [1.165, 1.54) is 9.21 Å². The zero-order valence-corrected chi connectivity index (χ0v) is 15.7. The molecule has 2 atom stereocenters. The molecule has 1 aromatic rings. The Morgan fingerprint density at radius 2 is 1.88 bits per heavy atom. The van der Waals surface area contributed by atoms with Gasteiger partial charge in [-0.25, -0.2) is 18.4 Å². The average molecular weight is 367 g/mol. The number of fused-ring (bicyclic) bond motifs is 1. The lowest BCUT2D eigenvalue weighted by Crippen LogP contribution is -2.39. The number of aromatic nitrogens is 2. The maximum absolute atomic E-state index is 12.8. The molecule has 3 rings (SSSR count). The van der Waals surface area contributed by atoms with Crippen LogP contribution in [0.4, 0.5) is 5.95 Å². The van der Waals surface area contributed by atoms with Gasteiger partial charge in [0.2, 0.25) is 21.9 Å². The molecule has 0 bridgehead atoms. The lowest BCUT2D eigenvalue weighted by atomic mass is 10.0. The van der Waals surface area contributed by atoms with Gasteiger partial charge in [0.1, 0.15) is 0 Å². The Balaban J connectivity index is 1.71. The minimum atomic E-state index is -3.43. The predicted octanol–water partition coefficient (Wildman–Crippen LogP) is 0.104. The zero-order valence-electron chi connectivity index (χ0n) is 14.9. The first kappa shape index (κ1) is 18.1. The first-order valence-electron chi connectivity index (χ1n) is 8.51. The third-order valence-corrected chi connectivity index (χ3v) is 7.40. The number of amides is 1. The summed E-state index contributed by atoms with van der Waals surface area (Å²) in [4.78, 5) is 24.1. The van der Waals surface area contributed by atoms with Gasteiger partial charge < -0.3 is 9.80 Å². The summed E-state index contributed by atoms with van der Waals surface area (Å²) in [6, 6.07) is 0. The quantitative estimate of drug-likeness (QED) is 0.753. The van der Waals surface area contributed by atoms with Crippen LogP contribution in [0.3, 0.4) is 0 Å². The summed E-state index contributed by atoms with van der Waals surface area (Å²) in [5, 5.41) is -0.419. The van der Waals surface area contributed by atoms with E-state index in [1.807, 2.05) is 6.92 Å². The van der Waals surface area contributed by atoms with E-state index in [4.69, 9.17) is 0 Å². The number of rotatable bonds is 3. The van der Waals surface area contributed by atoms with Crippen molar-refractivity contribution in [1.29, 1.82) is 0 Å². The first-order chi connectivity index (χ1) is 11.8. The van der Waals surface area contributed by atoms with Crippen LogP contribution in [0.25, 0.3) is 0 Å². The van der Waals surface area contributed by atoms with E-state index in [-0.39, 0.29) is 18.4 Å². The van der Waals surface area contributed by atoms with Crippen molar-refractivity contribution < 1.29 is 13.2 Å². The van der Waals surface area contributed by atoms with Gasteiger partial charge in [-0.3, -0.25) is 4.79 Å². The first-order valence-corrected chi connectivity index (χ1v) is 10.0. The van der Waals surface area contributed by atoms with Gasteiger partial charge in [0, 0.05) is 46.1 Å². The third-order valence-electron chi connectivity index (χ3n) is 5.02. The number of anilines is 1. The molecule has 0 aliphatic carbocycles. The lowest BCUT2D eigenvalue weighted by molar-refractivity contribution is -0.128. The highest BCUT2D eigenvalue weighted by atomic mass is 32.2. The highest BCUT2D eigenvalue weighted by molar-refractivity contribution is 7.90. The number of aryl methyl sites for hydroxylation is 1. The molecule has 2 aliphatic rings.